The molecule has 0 bridgehead atoms. The molecule has 0 aromatic heterocycles. The maximum Gasteiger partial charge on any atom is 0.421 e. The van der Waals surface area contributed by atoms with Gasteiger partial charge in [-0.05, 0) is 6.42 Å². The molecule has 0 aromatic carbocycles. The van der Waals surface area contributed by atoms with Crippen LogP contribution in [0.4, 0.5) is 4.79 Å². The first-order chi connectivity index (χ1) is 6.48. The summed E-state index contributed by atoms with van der Waals surface area (Å²) in [6.45, 7) is 2.32. The van der Waals surface area contributed by atoms with E-state index in [0.29, 0.717) is 0 Å². The summed E-state index contributed by atoms with van der Waals surface area (Å²) in [5.74, 6) is 0. The number of nitrogens with two attached hydrogens (primary N) is 1. The van der Waals surface area contributed by atoms with Gasteiger partial charge in [0.1, 0.15) is 0 Å². The van der Waals surface area contributed by atoms with Gasteiger partial charge in [-0.1, -0.05) is 26.2 Å². The first-order valence-electron chi connectivity index (χ1n) is 4.46. The van der Waals surface area contributed by atoms with Crippen LogP contribution in [-0.4, -0.2) is 21.1 Å². The van der Waals surface area contributed by atoms with Gasteiger partial charge in [0.05, 0.1) is 0 Å². The maximum absolute atomic E-state index is 10.8. The van der Waals surface area contributed by atoms with Crippen LogP contribution in [0.25, 0.3) is 0 Å². The van der Waals surface area contributed by atoms with Gasteiger partial charge in [0.25, 0.3) is 0 Å². The van der Waals surface area contributed by atoms with Crippen molar-refractivity contribution in [3.8, 4) is 0 Å². The predicted octanol–water partition coefficient (Wildman–Crippen LogP) is 0.496. The van der Waals surface area contributed by atoms with Crippen molar-refractivity contribution in [2.24, 2.45) is 5.73 Å². The third-order valence-corrected chi connectivity index (χ3v) is 2.44. The molecule has 0 unspecified atom stereocenters. The largest absolute Gasteiger partial charge is 0.421 e. The quantitative estimate of drug-likeness (QED) is 0.615. The first kappa shape index (κ1) is 13.2. The predicted molar refractivity (Wildman–Crippen MR) is 51.7 cm³/mol. The summed E-state index contributed by atoms with van der Waals surface area (Å²) in [7, 11) is -3.99. The van der Waals surface area contributed by atoms with Gasteiger partial charge in [-0.25, -0.2) is 4.79 Å². The van der Waals surface area contributed by atoms with Crippen molar-refractivity contribution in [3.63, 3.8) is 0 Å². The zero-order valence-corrected chi connectivity index (χ0v) is 8.97. The van der Waals surface area contributed by atoms with Crippen LogP contribution in [0.1, 0.15) is 32.6 Å². The Balaban J connectivity index is 3.61. The first-order valence-corrected chi connectivity index (χ1v) is 5.87. The zero-order valence-electron chi connectivity index (χ0n) is 8.15. The number of primary amides is 1. The number of unbranched alkanes of at least 4 members (excludes halogenated alkanes) is 3. The minimum absolute atomic E-state index is 0.260. The maximum atomic E-state index is 10.8. The second kappa shape index (κ2) is 6.61. The van der Waals surface area contributed by atoms with Gasteiger partial charge in [0.2, 0.25) is 0 Å². The molecule has 0 aliphatic heterocycles. The molecule has 0 fully saturated rings. The Hall–Kier alpha value is -0.820. The van der Waals surface area contributed by atoms with Crippen LogP contribution in [0.2, 0.25) is 0 Å². The van der Waals surface area contributed by atoms with Crippen LogP contribution < -0.4 is 10.5 Å². The van der Waals surface area contributed by atoms with Crippen LogP contribution in [0.15, 0.2) is 0 Å². The van der Waals surface area contributed by atoms with Gasteiger partial charge >= 0.3 is 16.4 Å². The van der Waals surface area contributed by atoms with Crippen molar-refractivity contribution in [1.29, 1.82) is 0 Å². The fourth-order valence-electron chi connectivity index (χ4n) is 0.887. The fraction of sp³-hybridized carbons (Fsp3) is 0.857. The van der Waals surface area contributed by atoms with E-state index < -0.39 is 16.4 Å². The lowest BCUT2D eigenvalue weighted by molar-refractivity contribution is 0.212. The number of nitrogens with one attached hydrogen (secondary N) is 1. The van der Waals surface area contributed by atoms with E-state index in [1.54, 1.807) is 0 Å². The molecule has 0 rings (SSSR count). The summed E-state index contributed by atoms with van der Waals surface area (Å²) in [5.41, 5.74) is 4.55. The highest BCUT2D eigenvalue weighted by molar-refractivity contribution is 7.85. The second-order valence-electron chi connectivity index (χ2n) is 2.81. The molecule has 1 amide bonds. The van der Waals surface area contributed by atoms with Gasteiger partial charge in [-0.3, -0.25) is 0 Å². The number of rotatable bonds is 7. The lowest BCUT2D eigenvalue weighted by Gasteiger charge is -2.04. The number of carbonyl (C=O) groups excluding carboxylic acids is 1. The lowest BCUT2D eigenvalue weighted by Crippen LogP contribution is -2.31. The highest BCUT2D eigenvalue weighted by atomic mass is 32.2. The molecule has 7 heteroatoms. The van der Waals surface area contributed by atoms with E-state index in [-0.39, 0.29) is 6.54 Å². The van der Waals surface area contributed by atoms with Crippen LogP contribution in [0, 0.1) is 0 Å². The molecule has 0 radical (unpaired) electrons. The Bertz CT molecular complexity index is 263. The average Bonchev–Trinajstić information content (AvgIpc) is 2.01. The van der Waals surface area contributed by atoms with Crippen LogP contribution in [0.3, 0.4) is 0 Å². The van der Waals surface area contributed by atoms with E-state index in [2.05, 4.69) is 21.6 Å². The highest BCUT2D eigenvalue weighted by Crippen LogP contribution is 1.98. The Morgan fingerprint density at radius 2 is 2.00 bits per heavy atom. The minimum atomic E-state index is -3.99. The normalized spacial score (nSPS) is 11.2. The molecule has 0 spiro atoms. The highest BCUT2D eigenvalue weighted by Gasteiger charge is 2.12. The summed E-state index contributed by atoms with van der Waals surface area (Å²) in [6, 6.07) is 0. The van der Waals surface area contributed by atoms with E-state index in [9.17, 15) is 13.2 Å². The molecular weight excluding hydrogens is 208 g/mol. The Morgan fingerprint density at radius 3 is 2.50 bits per heavy atom. The minimum Gasteiger partial charge on any atom is -0.334 e. The van der Waals surface area contributed by atoms with Crippen molar-refractivity contribution < 1.29 is 17.4 Å². The molecule has 0 atom stereocenters. The molecule has 0 aromatic rings. The average molecular weight is 224 g/mol. The molecule has 0 saturated carbocycles. The summed E-state index contributed by atoms with van der Waals surface area (Å²) >= 11 is 0. The number of carbonyl (C=O) groups is 1. The van der Waals surface area contributed by atoms with Crippen molar-refractivity contribution in [2.75, 3.05) is 6.54 Å². The van der Waals surface area contributed by atoms with Gasteiger partial charge in [-0.15, -0.1) is 0 Å². The number of hydrogen-bond donors (Lipinski definition) is 2. The van der Waals surface area contributed by atoms with E-state index in [1.165, 1.54) is 0 Å². The van der Waals surface area contributed by atoms with Crippen molar-refractivity contribution in [1.82, 2.24) is 4.72 Å². The summed E-state index contributed by atoms with van der Waals surface area (Å²) in [4.78, 5) is 10.1. The molecule has 6 nitrogen and oxygen atoms in total. The smallest absolute Gasteiger partial charge is 0.334 e. The SMILES string of the molecule is CCCCCCNS(=O)(=O)OC(N)=O. The van der Waals surface area contributed by atoms with Gasteiger partial charge < -0.3 is 9.92 Å². The third-order valence-electron chi connectivity index (χ3n) is 1.50. The van der Waals surface area contributed by atoms with Crippen molar-refractivity contribution in [2.45, 2.75) is 32.6 Å². The Morgan fingerprint density at radius 1 is 1.36 bits per heavy atom. The fourth-order valence-corrected chi connectivity index (χ4v) is 1.56. The molecule has 0 aliphatic carbocycles. The standard InChI is InChI=1S/C7H16N2O4S/c1-2-3-4-5-6-9-14(11,12)13-7(8)10/h9H,2-6H2,1H3,(H2,8,10). The summed E-state index contributed by atoms with van der Waals surface area (Å²) < 4.78 is 27.6. The van der Waals surface area contributed by atoms with E-state index in [0.717, 1.165) is 25.7 Å². The van der Waals surface area contributed by atoms with E-state index in [1.807, 2.05) is 0 Å². The van der Waals surface area contributed by atoms with Gasteiger partial charge in [0.15, 0.2) is 0 Å². The molecule has 3 N–H and O–H groups in total. The molecule has 0 saturated heterocycles. The Labute approximate surface area is 84.1 Å². The summed E-state index contributed by atoms with van der Waals surface area (Å²) in [5, 5.41) is 0. The van der Waals surface area contributed by atoms with Crippen molar-refractivity contribution >= 4 is 16.4 Å². The second-order valence-corrected chi connectivity index (χ2v) is 4.18. The van der Waals surface area contributed by atoms with Crippen LogP contribution in [0.5, 0.6) is 0 Å². The van der Waals surface area contributed by atoms with E-state index in [4.69, 9.17) is 0 Å². The van der Waals surface area contributed by atoms with Crippen molar-refractivity contribution in [3.05, 3.63) is 0 Å². The molecule has 14 heavy (non-hydrogen) atoms. The lowest BCUT2D eigenvalue weighted by atomic mass is 10.2. The third kappa shape index (κ3) is 7.81. The molecular formula is C7H16N2O4S. The zero-order chi connectivity index (χ0) is 11.0. The molecule has 0 aliphatic rings. The topological polar surface area (TPSA) is 98.5 Å². The molecule has 84 valence electrons. The van der Waals surface area contributed by atoms with Crippen LogP contribution >= 0.6 is 0 Å². The van der Waals surface area contributed by atoms with Gasteiger partial charge in [-0.2, -0.15) is 13.1 Å². The van der Waals surface area contributed by atoms with Gasteiger partial charge in [0, 0.05) is 6.54 Å². The molecule has 0 heterocycles. The number of amides is 1. The summed E-state index contributed by atoms with van der Waals surface area (Å²) in [6.07, 6.45) is 2.46. The van der Waals surface area contributed by atoms with E-state index >= 15 is 0 Å². The Kier molecular flexibility index (Phi) is 6.22. The number of hydrogen-bond acceptors (Lipinski definition) is 4. The monoisotopic (exact) mass is 224 g/mol. The van der Waals surface area contributed by atoms with Crippen LogP contribution in [-0.2, 0) is 14.5 Å².